The standard InChI is InChI=1S/C21H25N5O4.C14H20ClN3O3.C14H21N3O4.C13H19N3O4.C8H8N2O/c1-14-15(20(29-2)24-21(22-14)25-9-11-30-12-10-25)7-8-19(28)26-13-18(27)23-16-5-3-4-6-17(16)26;1-3-21-12(19)5-4-11-10(2)16-14(17-13(11)15)18-6-8-20-9-7-18;1-3-21-12(18)5-4-11-10(2)15-14(16-13(11)19)17-6-8-20-9-7-17;1-9-10(3-4-11(17)18)12(19-2)15-13(14-9)16-5-7-20-8-6-16;11-8-5-9-6-3-1-2-4-7(6)10-8/h3-6H,7-13H2,1-2H3,(H,23,27);3-9H2,1-2H3;3-9H2,1-2H3,(H,15,16,19);3-8H2,1-2H3,(H,17,18);1-4,9H,5H2,(H,10,11). The van der Waals surface area contributed by atoms with Gasteiger partial charge in [0, 0.05) is 123 Å². The molecule has 0 spiro atoms. The number of nitrogens with zero attached hydrogens (tertiary/aromatic N) is 12. The van der Waals surface area contributed by atoms with E-state index in [1.165, 1.54) is 12.0 Å². The fourth-order valence-corrected chi connectivity index (χ4v) is 11.8. The number of ether oxygens (including phenoxy) is 8. The average Bonchev–Trinajstić information content (AvgIpc) is 0.861. The van der Waals surface area contributed by atoms with Crippen molar-refractivity contribution in [2.24, 2.45) is 0 Å². The number of anilines is 8. The number of fused-ring (bicyclic) bond motifs is 2. The van der Waals surface area contributed by atoms with Gasteiger partial charge >= 0.3 is 17.9 Å². The molecule has 556 valence electrons. The summed E-state index contributed by atoms with van der Waals surface area (Å²) in [5.74, 6) is 1.68. The zero-order valence-electron chi connectivity index (χ0n) is 59.7. The highest BCUT2D eigenvalue weighted by Gasteiger charge is 2.29. The van der Waals surface area contributed by atoms with E-state index in [0.717, 1.165) is 84.4 Å². The van der Waals surface area contributed by atoms with Crippen LogP contribution in [0.3, 0.4) is 0 Å². The van der Waals surface area contributed by atoms with Crippen LogP contribution in [0.4, 0.5) is 46.5 Å². The largest absolute Gasteiger partial charge is 0.481 e. The Morgan fingerprint density at radius 1 is 0.505 bits per heavy atom. The summed E-state index contributed by atoms with van der Waals surface area (Å²) in [6, 6.07) is 14.9. The minimum atomic E-state index is -0.844. The molecule has 5 N–H and O–H groups in total. The molecule has 32 nitrogen and oxygen atoms in total. The molecule has 0 unspecified atom stereocenters. The van der Waals surface area contributed by atoms with Crippen molar-refractivity contribution in [3.8, 4) is 11.8 Å². The number of H-pyrrole nitrogens is 1. The quantitative estimate of drug-likeness (QED) is 0.0470. The molecule has 12 rings (SSSR count). The SMILES string of the molecule is CCOC(=O)CCc1c(C)nc(N2CCOCC2)[nH]c1=O.CCOC(=O)CCc1c(C)nc(N2CCOCC2)nc1Cl.COc1nc(N2CCOCC2)nc(C)c1CCC(=O)N1CC(=O)Nc2ccccc21.COc1nc(N2CCOCC2)nc(C)c1CCC(=O)O.O=C1CNc2ccccc2N1. The normalized spacial score (nSPS) is 15.4. The number of carboxylic acids is 1. The van der Waals surface area contributed by atoms with Gasteiger partial charge in [-0.2, -0.15) is 9.97 Å². The number of methoxy groups -OCH3 is 2. The number of halogens is 1. The molecule has 2 aromatic carbocycles. The summed E-state index contributed by atoms with van der Waals surface area (Å²) in [6.07, 6.45) is 2.37. The second kappa shape index (κ2) is 40.1. The Labute approximate surface area is 602 Å². The van der Waals surface area contributed by atoms with Gasteiger partial charge < -0.3 is 83.5 Å². The molecule has 6 aliphatic heterocycles. The molecule has 4 aromatic heterocycles. The second-order valence-corrected chi connectivity index (χ2v) is 24.3. The fourth-order valence-electron chi connectivity index (χ4n) is 11.5. The van der Waals surface area contributed by atoms with Gasteiger partial charge in [-0.15, -0.1) is 0 Å². The first-order valence-electron chi connectivity index (χ1n) is 34.4. The van der Waals surface area contributed by atoms with Gasteiger partial charge in [0.1, 0.15) is 11.7 Å². The van der Waals surface area contributed by atoms with E-state index < -0.39 is 5.97 Å². The summed E-state index contributed by atoms with van der Waals surface area (Å²) >= 11 is 6.25. The van der Waals surface area contributed by atoms with Crippen LogP contribution in [-0.4, -0.2) is 226 Å². The molecule has 0 bridgehead atoms. The monoisotopic (exact) mass is 1450 g/mol. The van der Waals surface area contributed by atoms with Crippen LogP contribution in [0.25, 0.3) is 0 Å². The zero-order valence-corrected chi connectivity index (χ0v) is 60.5. The first-order valence-corrected chi connectivity index (χ1v) is 34.8. The van der Waals surface area contributed by atoms with Crippen LogP contribution < -0.4 is 55.5 Å². The second-order valence-electron chi connectivity index (χ2n) is 23.9. The Morgan fingerprint density at radius 3 is 1.40 bits per heavy atom. The number of aryl methyl sites for hydroxylation is 4. The molecule has 4 fully saturated rings. The predicted molar refractivity (Wildman–Crippen MR) is 385 cm³/mol. The van der Waals surface area contributed by atoms with Gasteiger partial charge in [-0.05, 0) is 91.5 Å². The number of rotatable bonds is 20. The third-order valence-corrected chi connectivity index (χ3v) is 17.2. The van der Waals surface area contributed by atoms with Crippen molar-refractivity contribution in [2.75, 3.05) is 186 Å². The maximum absolute atomic E-state index is 12.9. The van der Waals surface area contributed by atoms with Crippen molar-refractivity contribution in [3.05, 3.63) is 109 Å². The highest BCUT2D eigenvalue weighted by Crippen LogP contribution is 2.32. The highest BCUT2D eigenvalue weighted by atomic mass is 35.5. The summed E-state index contributed by atoms with van der Waals surface area (Å²) in [5, 5.41) is 17.8. The molecule has 0 radical (unpaired) electrons. The van der Waals surface area contributed by atoms with Gasteiger partial charge in [-0.1, -0.05) is 35.9 Å². The van der Waals surface area contributed by atoms with E-state index >= 15 is 0 Å². The smallest absolute Gasteiger partial charge is 0.306 e. The van der Waals surface area contributed by atoms with Gasteiger partial charge in [0.2, 0.25) is 53.3 Å². The van der Waals surface area contributed by atoms with Gasteiger partial charge in [-0.25, -0.2) is 24.9 Å². The number of carbonyl (C=O) groups excluding carboxylic acids is 5. The van der Waals surface area contributed by atoms with E-state index in [0.29, 0.717) is 175 Å². The third kappa shape index (κ3) is 23.3. The van der Waals surface area contributed by atoms with Crippen LogP contribution in [0.2, 0.25) is 5.15 Å². The molecule has 10 heterocycles. The number of aromatic nitrogens is 8. The minimum absolute atomic E-state index is 0.0123. The van der Waals surface area contributed by atoms with E-state index in [2.05, 4.69) is 65.6 Å². The molecule has 0 saturated carbocycles. The summed E-state index contributed by atoms with van der Waals surface area (Å²) < 4.78 is 41.9. The van der Waals surface area contributed by atoms with Crippen molar-refractivity contribution in [1.29, 1.82) is 0 Å². The number of hydrogen-bond donors (Lipinski definition) is 5. The lowest BCUT2D eigenvalue weighted by Crippen LogP contribution is -2.42. The number of aromatic amines is 1. The number of morpholine rings is 4. The lowest BCUT2D eigenvalue weighted by atomic mass is 10.1. The van der Waals surface area contributed by atoms with Gasteiger partial charge in [0.05, 0.1) is 110 Å². The molecular formula is C70H93ClN16O16. The van der Waals surface area contributed by atoms with E-state index in [1.54, 1.807) is 33.9 Å². The van der Waals surface area contributed by atoms with Crippen molar-refractivity contribution in [2.45, 2.75) is 92.9 Å². The molecule has 33 heteroatoms. The van der Waals surface area contributed by atoms with Crippen LogP contribution in [0.5, 0.6) is 11.8 Å². The molecule has 103 heavy (non-hydrogen) atoms. The van der Waals surface area contributed by atoms with Crippen LogP contribution in [0.1, 0.15) is 84.6 Å². The van der Waals surface area contributed by atoms with E-state index in [4.69, 9.17) is 54.6 Å². The maximum Gasteiger partial charge on any atom is 0.306 e. The van der Waals surface area contributed by atoms with Crippen molar-refractivity contribution in [3.63, 3.8) is 0 Å². The zero-order chi connectivity index (χ0) is 73.8. The Hall–Kier alpha value is -9.89. The molecule has 6 aromatic rings. The Bertz CT molecular complexity index is 3900. The molecule has 3 amide bonds. The Kier molecular flexibility index (Phi) is 30.7. The number of carboxylic acid groups (broad SMARTS) is 1. The number of benzene rings is 2. The number of carbonyl (C=O) groups is 6. The topological polar surface area (TPSA) is 372 Å². The number of nitrogens with one attached hydrogen (secondary N) is 4. The van der Waals surface area contributed by atoms with Crippen LogP contribution >= 0.6 is 11.6 Å². The summed E-state index contributed by atoms with van der Waals surface area (Å²) in [5.41, 5.74) is 8.95. The fraction of sp³-hybridized carbons (Fsp3) is 0.514. The first-order chi connectivity index (χ1) is 49.8. The molecule has 0 aliphatic carbocycles. The van der Waals surface area contributed by atoms with Crippen LogP contribution in [0, 0.1) is 27.7 Å². The van der Waals surface area contributed by atoms with E-state index in [9.17, 15) is 33.6 Å². The lowest BCUT2D eigenvalue weighted by molar-refractivity contribution is -0.144. The first kappa shape index (κ1) is 78.8. The lowest BCUT2D eigenvalue weighted by Gasteiger charge is -2.29. The van der Waals surface area contributed by atoms with Gasteiger partial charge in [0.15, 0.2) is 0 Å². The summed E-state index contributed by atoms with van der Waals surface area (Å²) in [6.45, 7) is 23.2. The van der Waals surface area contributed by atoms with Crippen LogP contribution in [-0.2, 0) is 82.9 Å². The number of aliphatic carboxylic acids is 1. The molecule has 0 atom stereocenters. The van der Waals surface area contributed by atoms with Crippen molar-refractivity contribution < 1.29 is 71.8 Å². The number of esters is 2. The maximum atomic E-state index is 12.9. The van der Waals surface area contributed by atoms with Crippen molar-refractivity contribution >= 4 is 93.8 Å². The Balaban J connectivity index is 0.000000168. The van der Waals surface area contributed by atoms with Crippen molar-refractivity contribution in [1.82, 2.24) is 39.9 Å². The number of para-hydroxylation sites is 4. The number of amides is 3. The van der Waals surface area contributed by atoms with Gasteiger partial charge in [0.25, 0.3) is 5.56 Å². The van der Waals surface area contributed by atoms with Crippen LogP contribution in [0.15, 0.2) is 53.3 Å². The van der Waals surface area contributed by atoms with Gasteiger partial charge in [-0.3, -0.25) is 38.5 Å². The van der Waals surface area contributed by atoms with E-state index in [-0.39, 0.29) is 67.4 Å². The third-order valence-electron chi connectivity index (χ3n) is 16.9. The molecule has 6 aliphatic rings. The molecule has 4 saturated heterocycles. The van der Waals surface area contributed by atoms with E-state index in [1.807, 2.05) is 73.0 Å². The highest BCUT2D eigenvalue weighted by molar-refractivity contribution is 6.30. The Morgan fingerprint density at radius 2 is 0.922 bits per heavy atom. The predicted octanol–water partition coefficient (Wildman–Crippen LogP) is 5.43. The summed E-state index contributed by atoms with van der Waals surface area (Å²) in [7, 11) is 3.11. The molecular weight excluding hydrogens is 1360 g/mol. The average molecular weight is 1450 g/mol. The minimum Gasteiger partial charge on any atom is -0.481 e. The number of hydrogen-bond acceptors (Lipinski definition) is 27. The summed E-state index contributed by atoms with van der Waals surface area (Å²) in [4.78, 5) is 125.